The van der Waals surface area contributed by atoms with Crippen LogP contribution in [-0.4, -0.2) is 37.6 Å². The first-order valence-electron chi connectivity index (χ1n) is 5.17. The van der Waals surface area contributed by atoms with E-state index in [9.17, 15) is 8.42 Å². The summed E-state index contributed by atoms with van der Waals surface area (Å²) in [5, 5.41) is 0. The molecule has 0 spiro atoms. The van der Waals surface area contributed by atoms with Crippen LogP contribution in [0, 0.1) is 5.92 Å². The van der Waals surface area contributed by atoms with Gasteiger partial charge in [-0.1, -0.05) is 13.8 Å². The van der Waals surface area contributed by atoms with E-state index in [0.29, 0.717) is 12.5 Å². The van der Waals surface area contributed by atoms with Gasteiger partial charge in [-0.2, -0.15) is 4.31 Å². The zero-order valence-corrected chi connectivity index (χ0v) is 9.76. The average Bonchev–Trinajstić information content (AvgIpc) is 2.81. The molecule has 14 heavy (non-hydrogen) atoms. The van der Waals surface area contributed by atoms with Gasteiger partial charge >= 0.3 is 0 Å². The van der Waals surface area contributed by atoms with Crippen molar-refractivity contribution < 1.29 is 8.42 Å². The Morgan fingerprint density at radius 3 is 2.36 bits per heavy atom. The fourth-order valence-electron chi connectivity index (χ4n) is 1.48. The van der Waals surface area contributed by atoms with Gasteiger partial charge < -0.3 is 5.73 Å². The molecule has 4 nitrogen and oxygen atoms in total. The highest BCUT2D eigenvalue weighted by molar-refractivity contribution is 7.89. The maximum absolute atomic E-state index is 11.8. The number of hydrogen-bond acceptors (Lipinski definition) is 3. The fourth-order valence-corrected chi connectivity index (χ4v) is 3.20. The summed E-state index contributed by atoms with van der Waals surface area (Å²) in [6.07, 6.45) is 2.02. The van der Waals surface area contributed by atoms with Crippen LogP contribution in [0.4, 0.5) is 0 Å². The molecular weight excluding hydrogens is 200 g/mol. The van der Waals surface area contributed by atoms with E-state index < -0.39 is 10.0 Å². The summed E-state index contributed by atoms with van der Waals surface area (Å²) < 4.78 is 25.2. The van der Waals surface area contributed by atoms with Gasteiger partial charge in [0.05, 0.1) is 5.75 Å². The van der Waals surface area contributed by atoms with Crippen molar-refractivity contribution in [2.24, 2.45) is 11.7 Å². The lowest BCUT2D eigenvalue weighted by Gasteiger charge is -2.23. The van der Waals surface area contributed by atoms with Gasteiger partial charge in [0.25, 0.3) is 0 Å². The second-order valence-corrected chi connectivity index (χ2v) is 6.34. The lowest BCUT2D eigenvalue weighted by Crippen LogP contribution is -2.39. The number of hydrogen-bond donors (Lipinski definition) is 1. The van der Waals surface area contributed by atoms with E-state index in [0.717, 1.165) is 12.8 Å². The molecule has 1 aliphatic carbocycles. The van der Waals surface area contributed by atoms with Crippen molar-refractivity contribution in [2.75, 3.05) is 18.8 Å². The fraction of sp³-hybridized carbons (Fsp3) is 1.00. The molecule has 0 aromatic rings. The van der Waals surface area contributed by atoms with Crippen molar-refractivity contribution >= 4 is 10.0 Å². The normalized spacial score (nSPS) is 18.1. The maximum Gasteiger partial charge on any atom is 0.215 e. The Morgan fingerprint density at radius 1 is 1.43 bits per heavy atom. The Bertz CT molecular complexity index is 271. The summed E-state index contributed by atoms with van der Waals surface area (Å²) in [7, 11) is -3.10. The summed E-state index contributed by atoms with van der Waals surface area (Å²) in [5.74, 6) is 0.457. The van der Waals surface area contributed by atoms with E-state index in [-0.39, 0.29) is 18.3 Å². The predicted octanol–water partition coefficient (Wildman–Crippen LogP) is 0.395. The molecule has 84 valence electrons. The molecule has 0 amide bonds. The van der Waals surface area contributed by atoms with Crippen LogP contribution in [0.25, 0.3) is 0 Å². The standard InChI is InChI=1S/C9H20N2O2S/c1-8(2)7-11(9-3-4-9)14(12,13)6-5-10/h8-9H,3-7,10H2,1-2H3. The molecule has 1 aliphatic rings. The molecule has 0 aromatic heterocycles. The maximum atomic E-state index is 11.8. The van der Waals surface area contributed by atoms with Crippen LogP contribution in [0.15, 0.2) is 0 Å². The monoisotopic (exact) mass is 220 g/mol. The highest BCUT2D eigenvalue weighted by Crippen LogP contribution is 2.30. The third-order valence-electron chi connectivity index (χ3n) is 2.23. The van der Waals surface area contributed by atoms with Crippen LogP contribution in [-0.2, 0) is 10.0 Å². The number of sulfonamides is 1. The molecule has 0 unspecified atom stereocenters. The minimum Gasteiger partial charge on any atom is -0.329 e. The van der Waals surface area contributed by atoms with Crippen LogP contribution in [0.5, 0.6) is 0 Å². The zero-order chi connectivity index (χ0) is 10.8. The first kappa shape index (κ1) is 11.9. The van der Waals surface area contributed by atoms with Crippen LogP contribution in [0.2, 0.25) is 0 Å². The lowest BCUT2D eigenvalue weighted by atomic mass is 10.2. The SMILES string of the molecule is CC(C)CN(C1CC1)S(=O)(=O)CCN. The first-order valence-corrected chi connectivity index (χ1v) is 6.78. The minimum atomic E-state index is -3.10. The number of rotatable bonds is 6. The van der Waals surface area contributed by atoms with E-state index in [1.807, 2.05) is 13.8 Å². The summed E-state index contributed by atoms with van der Waals surface area (Å²) in [5.41, 5.74) is 5.30. The van der Waals surface area contributed by atoms with E-state index in [1.54, 1.807) is 4.31 Å². The molecule has 0 aromatic carbocycles. The quantitative estimate of drug-likeness (QED) is 0.704. The van der Waals surface area contributed by atoms with Gasteiger partial charge in [-0.25, -0.2) is 8.42 Å². The second-order valence-electron chi connectivity index (χ2n) is 4.30. The Hall–Kier alpha value is -0.130. The highest BCUT2D eigenvalue weighted by Gasteiger charge is 2.36. The molecular formula is C9H20N2O2S. The van der Waals surface area contributed by atoms with E-state index in [4.69, 9.17) is 5.73 Å². The van der Waals surface area contributed by atoms with Gasteiger partial charge in [0.15, 0.2) is 0 Å². The molecule has 2 N–H and O–H groups in total. The van der Waals surface area contributed by atoms with Crippen molar-refractivity contribution in [3.63, 3.8) is 0 Å². The smallest absolute Gasteiger partial charge is 0.215 e. The molecule has 0 aliphatic heterocycles. The molecule has 0 atom stereocenters. The largest absolute Gasteiger partial charge is 0.329 e. The van der Waals surface area contributed by atoms with Crippen molar-refractivity contribution in [1.29, 1.82) is 0 Å². The van der Waals surface area contributed by atoms with Gasteiger partial charge in [0.1, 0.15) is 0 Å². The summed E-state index contributed by atoms with van der Waals surface area (Å²) in [6, 6.07) is 0.258. The third kappa shape index (κ3) is 3.22. The molecule has 0 radical (unpaired) electrons. The molecule has 1 rings (SSSR count). The summed E-state index contributed by atoms with van der Waals surface area (Å²) in [6.45, 7) is 4.91. The van der Waals surface area contributed by atoms with E-state index in [1.165, 1.54) is 0 Å². The summed E-state index contributed by atoms with van der Waals surface area (Å²) >= 11 is 0. The number of nitrogens with zero attached hydrogens (tertiary/aromatic N) is 1. The van der Waals surface area contributed by atoms with Crippen LogP contribution < -0.4 is 5.73 Å². The highest BCUT2D eigenvalue weighted by atomic mass is 32.2. The lowest BCUT2D eigenvalue weighted by molar-refractivity contribution is 0.360. The van der Waals surface area contributed by atoms with Gasteiger partial charge in [0.2, 0.25) is 10.0 Å². The first-order chi connectivity index (χ1) is 6.47. The molecule has 1 fully saturated rings. The average molecular weight is 220 g/mol. The Labute approximate surface area is 86.5 Å². The van der Waals surface area contributed by atoms with E-state index in [2.05, 4.69) is 0 Å². The van der Waals surface area contributed by atoms with Gasteiger partial charge in [-0.15, -0.1) is 0 Å². The van der Waals surface area contributed by atoms with Gasteiger partial charge in [0, 0.05) is 19.1 Å². The number of nitrogens with two attached hydrogens (primary N) is 1. The van der Waals surface area contributed by atoms with Crippen LogP contribution >= 0.6 is 0 Å². The third-order valence-corrected chi connectivity index (χ3v) is 4.15. The molecule has 1 saturated carbocycles. The zero-order valence-electron chi connectivity index (χ0n) is 8.94. The second kappa shape index (κ2) is 4.59. The Balaban J connectivity index is 2.66. The van der Waals surface area contributed by atoms with Crippen molar-refractivity contribution in [3.8, 4) is 0 Å². The molecule has 0 saturated heterocycles. The Kier molecular flexibility index (Phi) is 3.92. The van der Waals surface area contributed by atoms with Crippen LogP contribution in [0.3, 0.4) is 0 Å². The van der Waals surface area contributed by atoms with Gasteiger partial charge in [-0.3, -0.25) is 0 Å². The van der Waals surface area contributed by atoms with E-state index >= 15 is 0 Å². The molecule has 0 heterocycles. The van der Waals surface area contributed by atoms with Gasteiger partial charge in [-0.05, 0) is 18.8 Å². The minimum absolute atomic E-state index is 0.0796. The summed E-state index contributed by atoms with van der Waals surface area (Å²) in [4.78, 5) is 0. The van der Waals surface area contributed by atoms with Crippen molar-refractivity contribution in [1.82, 2.24) is 4.31 Å². The molecule has 5 heteroatoms. The Morgan fingerprint density at radius 2 is 2.00 bits per heavy atom. The van der Waals surface area contributed by atoms with Crippen molar-refractivity contribution in [3.05, 3.63) is 0 Å². The topological polar surface area (TPSA) is 63.4 Å². The molecule has 0 bridgehead atoms. The predicted molar refractivity (Wildman–Crippen MR) is 57.4 cm³/mol. The van der Waals surface area contributed by atoms with Crippen LogP contribution in [0.1, 0.15) is 26.7 Å². The van der Waals surface area contributed by atoms with Crippen molar-refractivity contribution in [2.45, 2.75) is 32.7 Å².